The van der Waals surface area contributed by atoms with Crippen molar-refractivity contribution in [2.45, 2.75) is 40.0 Å². The Kier molecular flexibility index (Phi) is 10.1. The van der Waals surface area contributed by atoms with Gasteiger partial charge in [0.2, 0.25) is 0 Å². The van der Waals surface area contributed by atoms with Gasteiger partial charge in [0.15, 0.2) is 0 Å². The molecule has 5 aromatic carbocycles. The van der Waals surface area contributed by atoms with E-state index in [1.54, 1.807) is 0 Å². The largest absolute Gasteiger partial charge is 0.184 e. The molecule has 5 aromatic rings. The molecule has 0 unspecified atom stereocenters. The van der Waals surface area contributed by atoms with Crippen LogP contribution in [0.3, 0.4) is 0 Å². The van der Waals surface area contributed by atoms with E-state index < -0.39 is 20.8 Å². The summed E-state index contributed by atoms with van der Waals surface area (Å²) in [5.74, 6) is 0.532. The third-order valence-electron chi connectivity index (χ3n) is 6.69. The Labute approximate surface area is 242 Å². The van der Waals surface area contributed by atoms with Crippen LogP contribution in [0.15, 0.2) is 91.0 Å². The zero-order chi connectivity index (χ0) is 26.4. The van der Waals surface area contributed by atoms with Crippen LogP contribution < -0.4 is 10.4 Å². The Balaban J connectivity index is 0.000000170. The molecule has 0 N–H and O–H groups in total. The smallest absolute Gasteiger partial charge is 0.0920 e. The predicted molar refractivity (Wildman–Crippen MR) is 161 cm³/mol. The Hall–Kier alpha value is -1.83. The summed E-state index contributed by atoms with van der Waals surface area (Å²) in [5.41, 5.74) is 9.85. The monoisotopic (exact) mass is 614 g/mol. The molecule has 0 atom stereocenters. The first-order chi connectivity index (χ1) is 18.0. The van der Waals surface area contributed by atoms with Crippen molar-refractivity contribution in [3.63, 3.8) is 0 Å². The second-order valence-corrected chi connectivity index (χ2v) is 14.5. The number of benzene rings is 4. The Bertz CT molecular complexity index is 1440. The van der Waals surface area contributed by atoms with Crippen molar-refractivity contribution in [3.05, 3.63) is 114 Å². The van der Waals surface area contributed by atoms with Crippen LogP contribution >= 0.6 is 17.0 Å². The summed E-state index contributed by atoms with van der Waals surface area (Å²) in [7, 11) is 10.7. The van der Waals surface area contributed by atoms with E-state index in [0.29, 0.717) is 5.92 Å². The van der Waals surface area contributed by atoms with Crippen LogP contribution in [0, 0.1) is 13.0 Å². The first-order valence-electron chi connectivity index (χ1n) is 12.6. The van der Waals surface area contributed by atoms with Gasteiger partial charge in [-0.05, 0) is 23.5 Å². The molecule has 1 heterocycles. The normalized spacial score (nSPS) is 11.1. The van der Waals surface area contributed by atoms with Crippen LogP contribution in [0.4, 0.5) is 0 Å². The number of rotatable bonds is 3. The van der Waals surface area contributed by atoms with Crippen LogP contribution in [0.2, 0.25) is 0 Å². The molecule has 37 heavy (non-hydrogen) atoms. The van der Waals surface area contributed by atoms with Gasteiger partial charge in [0, 0.05) is 0 Å². The van der Waals surface area contributed by atoms with Crippen molar-refractivity contribution < 1.29 is 20.8 Å². The molecule has 4 heteroatoms. The quantitative estimate of drug-likeness (QED) is 0.138. The van der Waals surface area contributed by atoms with Gasteiger partial charge in [-0.1, -0.05) is 98.1 Å². The fraction of sp³-hybridized carbons (Fsp3) is 0.182. The molecule has 0 bridgehead atoms. The summed E-state index contributed by atoms with van der Waals surface area (Å²) in [6.45, 7) is 9.00. The van der Waals surface area contributed by atoms with E-state index in [4.69, 9.17) is 17.0 Å². The molecule has 2 radical (unpaired) electrons. The van der Waals surface area contributed by atoms with E-state index in [2.05, 4.69) is 119 Å². The van der Waals surface area contributed by atoms with Crippen LogP contribution in [0.5, 0.6) is 0 Å². The minimum absolute atomic E-state index is 0.532. The number of hydrogen-bond donors (Lipinski definition) is 0. The maximum atomic E-state index is 4.93. The third kappa shape index (κ3) is 6.43. The second kappa shape index (κ2) is 13.3. The van der Waals surface area contributed by atoms with Gasteiger partial charge in [-0.15, -0.1) is 40.1 Å². The SMILES string of the molecule is CCc1ccccc1-c1c(C(C)C)ccc2[cH-]c(C)cc12.[Cl][Zr+2][Cl].[c-]1cccc2c1[Si]c1ccccc1-2. The molecule has 0 spiro atoms. The van der Waals surface area contributed by atoms with Gasteiger partial charge in [-0.3, -0.25) is 0 Å². The minimum Gasteiger partial charge on any atom is -0.184 e. The Morgan fingerprint density at radius 2 is 1.57 bits per heavy atom. The molecule has 0 saturated carbocycles. The van der Waals surface area contributed by atoms with Crippen molar-refractivity contribution in [3.8, 4) is 22.3 Å². The molecule has 0 amide bonds. The van der Waals surface area contributed by atoms with E-state index in [9.17, 15) is 0 Å². The van der Waals surface area contributed by atoms with E-state index >= 15 is 0 Å². The third-order valence-corrected chi connectivity index (χ3v) is 8.06. The maximum Gasteiger partial charge on any atom is 0.0920 e. The Morgan fingerprint density at radius 3 is 2.30 bits per heavy atom. The number of fused-ring (bicyclic) bond motifs is 4. The summed E-state index contributed by atoms with van der Waals surface area (Å²) in [6.07, 6.45) is 1.07. The van der Waals surface area contributed by atoms with Crippen molar-refractivity contribution >= 4 is 47.7 Å². The molecule has 6 rings (SSSR count). The van der Waals surface area contributed by atoms with E-state index in [0.717, 1.165) is 15.9 Å². The van der Waals surface area contributed by atoms with Crippen molar-refractivity contribution in [1.29, 1.82) is 0 Å². The zero-order valence-electron chi connectivity index (χ0n) is 21.7. The van der Waals surface area contributed by atoms with Crippen molar-refractivity contribution in [1.82, 2.24) is 0 Å². The first-order valence-corrected chi connectivity index (χ1v) is 19.9. The first kappa shape index (κ1) is 28.2. The van der Waals surface area contributed by atoms with Crippen LogP contribution in [0.25, 0.3) is 33.0 Å². The summed E-state index contributed by atoms with van der Waals surface area (Å²) in [5, 5.41) is 5.58. The summed E-state index contributed by atoms with van der Waals surface area (Å²) >= 11 is -0.826. The Morgan fingerprint density at radius 1 is 0.892 bits per heavy atom. The molecular weight excluding hydrogens is 587 g/mol. The molecular formula is C33H30Cl2SiZr. The number of hydrogen-bond acceptors (Lipinski definition) is 0. The minimum atomic E-state index is -0.826. The van der Waals surface area contributed by atoms with Gasteiger partial charge in [0.05, 0.1) is 9.52 Å². The van der Waals surface area contributed by atoms with Gasteiger partial charge >= 0.3 is 37.9 Å². The topological polar surface area (TPSA) is 0 Å². The molecule has 184 valence electrons. The summed E-state index contributed by atoms with van der Waals surface area (Å²) in [4.78, 5) is 0. The summed E-state index contributed by atoms with van der Waals surface area (Å²) < 4.78 is 0. The average molecular weight is 617 g/mol. The zero-order valence-corrected chi connectivity index (χ0v) is 26.7. The number of halogens is 2. The molecule has 0 saturated heterocycles. The molecule has 0 aromatic heterocycles. The van der Waals surface area contributed by atoms with Crippen LogP contribution in [-0.2, 0) is 27.3 Å². The van der Waals surface area contributed by atoms with Crippen molar-refractivity contribution in [2.24, 2.45) is 0 Å². The molecule has 0 nitrogen and oxygen atoms in total. The van der Waals surface area contributed by atoms with Gasteiger partial charge in [-0.25, -0.2) is 0 Å². The average Bonchev–Trinajstić information content (AvgIpc) is 3.48. The van der Waals surface area contributed by atoms with Gasteiger partial charge in [-0.2, -0.15) is 35.5 Å². The fourth-order valence-electron chi connectivity index (χ4n) is 5.03. The van der Waals surface area contributed by atoms with Crippen LogP contribution in [-0.4, -0.2) is 9.52 Å². The van der Waals surface area contributed by atoms with E-state index in [-0.39, 0.29) is 0 Å². The van der Waals surface area contributed by atoms with E-state index in [1.165, 1.54) is 60.1 Å². The molecule has 1 aliphatic heterocycles. The number of aryl methyl sites for hydroxylation is 2. The van der Waals surface area contributed by atoms with Crippen LogP contribution in [0.1, 0.15) is 43.4 Å². The second-order valence-electron chi connectivity index (χ2n) is 9.43. The fourth-order valence-corrected chi connectivity index (χ4v) is 6.34. The predicted octanol–water partition coefficient (Wildman–Crippen LogP) is 8.72. The van der Waals surface area contributed by atoms with Gasteiger partial charge in [0.1, 0.15) is 0 Å². The maximum absolute atomic E-state index is 4.93. The molecule has 1 aliphatic rings. The van der Waals surface area contributed by atoms with Crippen molar-refractivity contribution in [2.75, 3.05) is 0 Å². The van der Waals surface area contributed by atoms with Gasteiger partial charge in [0.25, 0.3) is 0 Å². The molecule has 0 fully saturated rings. The van der Waals surface area contributed by atoms with Gasteiger partial charge < -0.3 is 0 Å². The standard InChI is InChI=1S/C21H23.C12H7Si.2ClH.Zr/c1-5-16-8-6-7-9-19(16)21-18(14(2)3)11-10-17-12-15(4)13-20(17)21;1-3-7-11-9(5-1)10-6-2-4-8-12(10)13-11;;;/h6-14H,5H2,1-4H3;1-7H;2*1H;/q2*-1;;;+4/p-2. The summed E-state index contributed by atoms with van der Waals surface area (Å²) in [6, 6.07) is 36.2. The molecule has 0 aliphatic carbocycles. The van der Waals surface area contributed by atoms with E-state index in [1.807, 2.05) is 6.07 Å².